The standard InChI is InChI=1S/C17H12FIN2O2S/c18-14-4-2-1-3-11(14)9-15-16(22)21(17(23)24-15)10-20-13-7-5-12(19)6-8-13/h1-9,20H,10H2. The summed E-state index contributed by atoms with van der Waals surface area (Å²) in [6.45, 7) is 0.0693. The maximum Gasteiger partial charge on any atom is 0.295 e. The molecule has 2 amide bonds. The van der Waals surface area contributed by atoms with Crippen LogP contribution in [0.15, 0.2) is 53.4 Å². The van der Waals surface area contributed by atoms with Crippen LogP contribution in [0.25, 0.3) is 6.08 Å². The molecular weight excluding hydrogens is 442 g/mol. The zero-order chi connectivity index (χ0) is 17.1. The second-order valence-corrected chi connectivity index (χ2v) is 7.21. The molecule has 1 aliphatic heterocycles. The fourth-order valence-electron chi connectivity index (χ4n) is 2.11. The third-order valence-electron chi connectivity index (χ3n) is 3.35. The molecule has 0 atom stereocenters. The molecule has 0 saturated carbocycles. The van der Waals surface area contributed by atoms with Crippen LogP contribution in [0.2, 0.25) is 0 Å². The Kier molecular flexibility index (Phi) is 5.20. The van der Waals surface area contributed by atoms with Gasteiger partial charge in [0.15, 0.2) is 0 Å². The lowest BCUT2D eigenvalue weighted by Crippen LogP contribution is -2.33. The van der Waals surface area contributed by atoms with Gasteiger partial charge < -0.3 is 5.32 Å². The summed E-state index contributed by atoms with van der Waals surface area (Å²) in [6, 6.07) is 13.7. The minimum atomic E-state index is -0.429. The van der Waals surface area contributed by atoms with Gasteiger partial charge in [0.25, 0.3) is 11.1 Å². The van der Waals surface area contributed by atoms with Crippen molar-refractivity contribution < 1.29 is 14.0 Å². The second-order valence-electron chi connectivity index (χ2n) is 4.97. The minimum absolute atomic E-state index is 0.0693. The molecule has 0 aliphatic carbocycles. The predicted molar refractivity (Wildman–Crippen MR) is 102 cm³/mol. The highest BCUT2D eigenvalue weighted by molar-refractivity contribution is 14.1. The van der Waals surface area contributed by atoms with Gasteiger partial charge in [-0.3, -0.25) is 14.5 Å². The largest absolute Gasteiger partial charge is 0.367 e. The number of halogens is 2. The van der Waals surface area contributed by atoms with Crippen molar-refractivity contribution in [2.24, 2.45) is 0 Å². The summed E-state index contributed by atoms with van der Waals surface area (Å²) < 4.78 is 14.8. The van der Waals surface area contributed by atoms with Crippen molar-refractivity contribution in [3.63, 3.8) is 0 Å². The van der Waals surface area contributed by atoms with Crippen LogP contribution < -0.4 is 5.32 Å². The normalized spacial score (nSPS) is 16.1. The number of nitrogens with zero attached hydrogens (tertiary/aromatic N) is 1. The van der Waals surface area contributed by atoms with Gasteiger partial charge in [0.2, 0.25) is 0 Å². The molecule has 0 radical (unpaired) electrons. The first-order valence-electron chi connectivity index (χ1n) is 7.04. The van der Waals surface area contributed by atoms with Crippen molar-refractivity contribution in [2.75, 3.05) is 12.0 Å². The second kappa shape index (κ2) is 7.35. The molecule has 1 fully saturated rings. The van der Waals surface area contributed by atoms with E-state index < -0.39 is 11.7 Å². The minimum Gasteiger partial charge on any atom is -0.367 e. The van der Waals surface area contributed by atoms with Gasteiger partial charge in [-0.15, -0.1) is 0 Å². The summed E-state index contributed by atoms with van der Waals surface area (Å²) in [7, 11) is 0. The highest BCUT2D eigenvalue weighted by Gasteiger charge is 2.34. The van der Waals surface area contributed by atoms with E-state index in [1.807, 2.05) is 24.3 Å². The average Bonchev–Trinajstić information content (AvgIpc) is 2.83. The molecule has 2 aromatic carbocycles. The molecule has 122 valence electrons. The zero-order valence-corrected chi connectivity index (χ0v) is 15.3. The highest BCUT2D eigenvalue weighted by atomic mass is 127. The number of benzene rings is 2. The van der Waals surface area contributed by atoms with E-state index in [2.05, 4.69) is 27.9 Å². The van der Waals surface area contributed by atoms with Crippen LogP contribution >= 0.6 is 34.4 Å². The van der Waals surface area contributed by atoms with E-state index in [0.29, 0.717) is 0 Å². The number of carbonyl (C=O) groups is 2. The Bertz CT molecular complexity index is 824. The highest BCUT2D eigenvalue weighted by Crippen LogP contribution is 2.32. The first kappa shape index (κ1) is 17.0. The fourth-order valence-corrected chi connectivity index (χ4v) is 3.30. The van der Waals surface area contributed by atoms with Crippen LogP contribution in [-0.4, -0.2) is 22.7 Å². The van der Waals surface area contributed by atoms with E-state index in [0.717, 1.165) is 25.9 Å². The predicted octanol–water partition coefficient (Wildman–Crippen LogP) is 4.54. The molecular formula is C17H12FIN2O2S. The van der Waals surface area contributed by atoms with E-state index >= 15 is 0 Å². The summed E-state index contributed by atoms with van der Waals surface area (Å²) >= 11 is 3.01. The molecule has 7 heteroatoms. The molecule has 0 aromatic heterocycles. The summed E-state index contributed by atoms with van der Waals surface area (Å²) in [5, 5.41) is 2.66. The van der Waals surface area contributed by atoms with Crippen LogP contribution in [-0.2, 0) is 4.79 Å². The maximum absolute atomic E-state index is 13.7. The van der Waals surface area contributed by atoms with Crippen molar-refractivity contribution in [1.29, 1.82) is 0 Å². The lowest BCUT2D eigenvalue weighted by Gasteiger charge is -2.14. The number of nitrogens with one attached hydrogen (secondary N) is 1. The van der Waals surface area contributed by atoms with E-state index in [1.54, 1.807) is 18.2 Å². The van der Waals surface area contributed by atoms with Gasteiger partial charge in [-0.1, -0.05) is 18.2 Å². The Morgan fingerprint density at radius 2 is 1.83 bits per heavy atom. The maximum atomic E-state index is 13.7. The Morgan fingerprint density at radius 1 is 1.12 bits per heavy atom. The molecule has 2 aromatic rings. The van der Waals surface area contributed by atoms with Crippen LogP contribution in [0.5, 0.6) is 0 Å². The van der Waals surface area contributed by atoms with E-state index in [-0.39, 0.29) is 22.4 Å². The van der Waals surface area contributed by atoms with E-state index in [4.69, 9.17) is 0 Å². The Hall–Kier alpha value is -1.87. The smallest absolute Gasteiger partial charge is 0.295 e. The molecule has 1 saturated heterocycles. The average molecular weight is 454 g/mol. The molecule has 4 nitrogen and oxygen atoms in total. The van der Waals surface area contributed by atoms with Crippen LogP contribution in [0.1, 0.15) is 5.56 Å². The zero-order valence-electron chi connectivity index (χ0n) is 12.3. The van der Waals surface area contributed by atoms with E-state index in [1.165, 1.54) is 12.1 Å². The third-order valence-corrected chi connectivity index (χ3v) is 4.98. The Labute approximate surface area is 156 Å². The number of rotatable bonds is 4. The van der Waals surface area contributed by atoms with Gasteiger partial charge in [-0.2, -0.15) is 0 Å². The van der Waals surface area contributed by atoms with Gasteiger partial charge in [0.1, 0.15) is 5.82 Å². The summed E-state index contributed by atoms with van der Waals surface area (Å²) in [4.78, 5) is 25.7. The van der Waals surface area contributed by atoms with Gasteiger partial charge in [0, 0.05) is 14.8 Å². The number of thioether (sulfide) groups is 1. The third kappa shape index (κ3) is 3.78. The van der Waals surface area contributed by atoms with Crippen molar-refractivity contribution >= 4 is 57.3 Å². The van der Waals surface area contributed by atoms with Crippen LogP contribution in [0.3, 0.4) is 0 Å². The monoisotopic (exact) mass is 454 g/mol. The number of imide groups is 1. The van der Waals surface area contributed by atoms with Crippen molar-refractivity contribution in [3.8, 4) is 0 Å². The number of hydrogen-bond acceptors (Lipinski definition) is 4. The van der Waals surface area contributed by atoms with Gasteiger partial charge in [-0.25, -0.2) is 4.39 Å². The first-order valence-corrected chi connectivity index (χ1v) is 8.93. The molecule has 3 rings (SSSR count). The first-order chi connectivity index (χ1) is 11.5. The molecule has 24 heavy (non-hydrogen) atoms. The lowest BCUT2D eigenvalue weighted by molar-refractivity contribution is -0.122. The quantitative estimate of drug-likeness (QED) is 0.545. The number of hydrogen-bond donors (Lipinski definition) is 1. The van der Waals surface area contributed by atoms with Crippen molar-refractivity contribution in [1.82, 2.24) is 4.90 Å². The summed E-state index contributed by atoms with van der Waals surface area (Å²) in [5.74, 6) is -0.854. The number of amides is 2. The number of carbonyl (C=O) groups excluding carboxylic acids is 2. The molecule has 1 N–H and O–H groups in total. The molecule has 1 aliphatic rings. The summed E-state index contributed by atoms with van der Waals surface area (Å²) in [5.41, 5.74) is 1.10. The fraction of sp³-hybridized carbons (Fsp3) is 0.0588. The van der Waals surface area contributed by atoms with Crippen LogP contribution in [0.4, 0.5) is 14.9 Å². The molecule has 1 heterocycles. The molecule has 0 bridgehead atoms. The SMILES string of the molecule is O=C1SC(=Cc2ccccc2F)C(=O)N1CNc1ccc(I)cc1. The molecule has 0 spiro atoms. The topological polar surface area (TPSA) is 49.4 Å². The van der Waals surface area contributed by atoms with Gasteiger partial charge in [-0.05, 0) is 70.8 Å². The lowest BCUT2D eigenvalue weighted by atomic mass is 10.2. The number of anilines is 1. The van der Waals surface area contributed by atoms with Crippen LogP contribution in [0, 0.1) is 9.39 Å². The van der Waals surface area contributed by atoms with Crippen molar-refractivity contribution in [3.05, 3.63) is 68.4 Å². The van der Waals surface area contributed by atoms with Gasteiger partial charge >= 0.3 is 0 Å². The van der Waals surface area contributed by atoms with Gasteiger partial charge in [0.05, 0.1) is 11.6 Å². The Morgan fingerprint density at radius 3 is 2.54 bits per heavy atom. The Balaban J connectivity index is 1.72. The summed E-state index contributed by atoms with van der Waals surface area (Å²) in [6.07, 6.45) is 1.41. The molecule has 0 unspecified atom stereocenters. The van der Waals surface area contributed by atoms with E-state index in [9.17, 15) is 14.0 Å². The van der Waals surface area contributed by atoms with Crippen molar-refractivity contribution in [2.45, 2.75) is 0 Å².